The van der Waals surface area contributed by atoms with E-state index in [1.807, 2.05) is 0 Å². The van der Waals surface area contributed by atoms with Crippen molar-refractivity contribution in [1.29, 1.82) is 0 Å². The van der Waals surface area contributed by atoms with Crippen LogP contribution in [0.1, 0.15) is 24.1 Å². The lowest BCUT2D eigenvalue weighted by Crippen LogP contribution is -2.38. The van der Waals surface area contributed by atoms with Gasteiger partial charge in [-0.05, 0) is 48.7 Å². The second-order valence-electron chi connectivity index (χ2n) is 5.84. The van der Waals surface area contributed by atoms with Gasteiger partial charge in [0.1, 0.15) is 11.5 Å². The Labute approximate surface area is 159 Å². The van der Waals surface area contributed by atoms with Crippen molar-refractivity contribution in [2.75, 3.05) is 6.54 Å². The molecule has 2 aromatic carbocycles. The first-order valence-electron chi connectivity index (χ1n) is 8.46. The predicted molar refractivity (Wildman–Crippen MR) is 94.8 cm³/mol. The Hall–Kier alpha value is -2.97. The summed E-state index contributed by atoms with van der Waals surface area (Å²) >= 11 is 0. The SMILES string of the molecule is CC(NC(=O)NCCc1ccc(OC(F)F)cc1)c1ccc(OC(F)F)cc1. The van der Waals surface area contributed by atoms with E-state index in [1.165, 1.54) is 24.3 Å². The number of ether oxygens (including phenoxy) is 2. The van der Waals surface area contributed by atoms with Gasteiger partial charge >= 0.3 is 19.3 Å². The Kier molecular flexibility index (Phi) is 7.91. The van der Waals surface area contributed by atoms with E-state index in [4.69, 9.17) is 0 Å². The van der Waals surface area contributed by atoms with Gasteiger partial charge in [-0.2, -0.15) is 17.6 Å². The monoisotopic (exact) mass is 400 g/mol. The van der Waals surface area contributed by atoms with Crippen LogP contribution in [0.25, 0.3) is 0 Å². The Morgan fingerprint density at radius 1 is 0.893 bits per heavy atom. The molecule has 0 saturated heterocycles. The van der Waals surface area contributed by atoms with Gasteiger partial charge in [0.2, 0.25) is 0 Å². The van der Waals surface area contributed by atoms with Crippen molar-refractivity contribution in [2.24, 2.45) is 0 Å². The highest BCUT2D eigenvalue weighted by Gasteiger charge is 2.10. The second-order valence-corrected chi connectivity index (χ2v) is 5.84. The van der Waals surface area contributed by atoms with Crippen LogP contribution in [0.2, 0.25) is 0 Å². The Balaban J connectivity index is 1.74. The summed E-state index contributed by atoms with van der Waals surface area (Å²) in [5.41, 5.74) is 1.58. The molecular formula is C19H20F4N2O3. The van der Waals surface area contributed by atoms with E-state index in [9.17, 15) is 22.4 Å². The normalized spacial score (nSPS) is 12.0. The number of benzene rings is 2. The molecule has 2 amide bonds. The minimum absolute atomic E-state index is 0.0420. The number of urea groups is 1. The van der Waals surface area contributed by atoms with Crippen molar-refractivity contribution >= 4 is 6.03 Å². The van der Waals surface area contributed by atoms with Gasteiger partial charge in [-0.25, -0.2) is 4.79 Å². The molecule has 0 aliphatic carbocycles. The van der Waals surface area contributed by atoms with Gasteiger partial charge in [0.05, 0.1) is 6.04 Å². The van der Waals surface area contributed by atoms with E-state index in [2.05, 4.69) is 20.1 Å². The fraction of sp³-hybridized carbons (Fsp3) is 0.316. The maximum Gasteiger partial charge on any atom is 0.387 e. The molecule has 2 rings (SSSR count). The van der Waals surface area contributed by atoms with Crippen LogP contribution in [0.5, 0.6) is 11.5 Å². The summed E-state index contributed by atoms with van der Waals surface area (Å²) in [6.07, 6.45) is 0.510. The zero-order valence-electron chi connectivity index (χ0n) is 15.0. The predicted octanol–water partition coefficient (Wildman–Crippen LogP) is 4.49. The van der Waals surface area contributed by atoms with E-state index in [0.29, 0.717) is 13.0 Å². The third-order valence-electron chi connectivity index (χ3n) is 3.80. The number of hydrogen-bond acceptors (Lipinski definition) is 3. The van der Waals surface area contributed by atoms with Crippen LogP contribution in [-0.4, -0.2) is 25.8 Å². The zero-order valence-corrected chi connectivity index (χ0v) is 15.0. The molecule has 0 aliphatic heterocycles. The molecule has 152 valence electrons. The van der Waals surface area contributed by atoms with E-state index in [-0.39, 0.29) is 17.5 Å². The molecule has 2 aromatic rings. The van der Waals surface area contributed by atoms with Crippen molar-refractivity contribution in [3.63, 3.8) is 0 Å². The van der Waals surface area contributed by atoms with Crippen LogP contribution < -0.4 is 20.1 Å². The molecule has 0 spiro atoms. The van der Waals surface area contributed by atoms with Gasteiger partial charge < -0.3 is 20.1 Å². The lowest BCUT2D eigenvalue weighted by molar-refractivity contribution is -0.0505. The number of rotatable bonds is 9. The summed E-state index contributed by atoms with van der Waals surface area (Å²) in [6, 6.07) is 11.4. The van der Waals surface area contributed by atoms with E-state index < -0.39 is 19.3 Å². The van der Waals surface area contributed by atoms with Crippen molar-refractivity contribution in [3.05, 3.63) is 59.7 Å². The summed E-state index contributed by atoms with van der Waals surface area (Å²) in [6.45, 7) is -3.66. The number of carbonyl (C=O) groups excluding carboxylic acids is 1. The first-order chi connectivity index (χ1) is 13.3. The maximum absolute atomic E-state index is 12.1. The molecule has 0 saturated carbocycles. The third kappa shape index (κ3) is 7.34. The number of amides is 2. The quantitative estimate of drug-likeness (QED) is 0.610. The minimum atomic E-state index is -2.89. The second kappa shape index (κ2) is 10.4. The lowest BCUT2D eigenvalue weighted by atomic mass is 10.1. The fourth-order valence-corrected chi connectivity index (χ4v) is 2.43. The molecule has 1 atom stereocenters. The highest BCUT2D eigenvalue weighted by atomic mass is 19.3. The van der Waals surface area contributed by atoms with Crippen molar-refractivity contribution < 1.29 is 31.8 Å². The van der Waals surface area contributed by atoms with Crippen molar-refractivity contribution in [2.45, 2.75) is 32.6 Å². The van der Waals surface area contributed by atoms with Crippen LogP contribution in [0, 0.1) is 0 Å². The van der Waals surface area contributed by atoms with Crippen molar-refractivity contribution in [3.8, 4) is 11.5 Å². The number of nitrogens with one attached hydrogen (secondary N) is 2. The van der Waals surface area contributed by atoms with E-state index in [1.54, 1.807) is 31.2 Å². The Bertz CT molecular complexity index is 740. The number of alkyl halides is 4. The first-order valence-corrected chi connectivity index (χ1v) is 8.46. The molecule has 0 aliphatic rings. The summed E-state index contributed by atoms with van der Waals surface area (Å²) in [7, 11) is 0. The van der Waals surface area contributed by atoms with Gasteiger partial charge in [-0.3, -0.25) is 0 Å². The lowest BCUT2D eigenvalue weighted by Gasteiger charge is -2.15. The smallest absolute Gasteiger partial charge is 0.387 e. The standard InChI is InChI=1S/C19H20F4N2O3/c1-12(14-4-8-16(9-5-14)28-18(22)23)25-19(26)24-11-10-13-2-6-15(7-3-13)27-17(20)21/h2-9,12,17-18H,10-11H2,1H3,(H2,24,25,26). The van der Waals surface area contributed by atoms with Gasteiger partial charge in [0.15, 0.2) is 0 Å². The van der Waals surface area contributed by atoms with E-state index in [0.717, 1.165) is 11.1 Å². The molecule has 28 heavy (non-hydrogen) atoms. The molecule has 0 heterocycles. The molecule has 0 radical (unpaired) electrons. The summed E-state index contributed by atoms with van der Waals surface area (Å²) < 4.78 is 57.0. The molecule has 0 fully saturated rings. The fourth-order valence-electron chi connectivity index (χ4n) is 2.43. The average molecular weight is 400 g/mol. The van der Waals surface area contributed by atoms with E-state index >= 15 is 0 Å². The van der Waals surface area contributed by atoms with Gasteiger partial charge in [0, 0.05) is 6.54 Å². The molecule has 0 aromatic heterocycles. The van der Waals surface area contributed by atoms with Crippen LogP contribution in [0.15, 0.2) is 48.5 Å². The topological polar surface area (TPSA) is 59.6 Å². The first kappa shape index (κ1) is 21.3. The number of carbonyl (C=O) groups is 1. The molecule has 1 unspecified atom stereocenters. The Morgan fingerprint density at radius 3 is 1.89 bits per heavy atom. The van der Waals surface area contributed by atoms with Crippen LogP contribution >= 0.6 is 0 Å². The highest BCUT2D eigenvalue weighted by Crippen LogP contribution is 2.19. The molecule has 5 nitrogen and oxygen atoms in total. The number of halogens is 4. The summed E-state index contributed by atoms with van der Waals surface area (Å²) in [5, 5.41) is 5.42. The minimum Gasteiger partial charge on any atom is -0.435 e. The molecule has 2 N–H and O–H groups in total. The highest BCUT2D eigenvalue weighted by molar-refractivity contribution is 5.74. The van der Waals surface area contributed by atoms with Gasteiger partial charge in [-0.15, -0.1) is 0 Å². The van der Waals surface area contributed by atoms with Crippen molar-refractivity contribution in [1.82, 2.24) is 10.6 Å². The third-order valence-corrected chi connectivity index (χ3v) is 3.80. The van der Waals surface area contributed by atoms with Crippen LogP contribution in [0.3, 0.4) is 0 Å². The van der Waals surface area contributed by atoms with Gasteiger partial charge in [0.25, 0.3) is 0 Å². The average Bonchev–Trinajstić information content (AvgIpc) is 2.63. The Morgan fingerprint density at radius 2 is 1.39 bits per heavy atom. The number of hydrogen-bond donors (Lipinski definition) is 2. The molecule has 0 bridgehead atoms. The molecular weight excluding hydrogens is 380 g/mol. The maximum atomic E-state index is 12.1. The zero-order chi connectivity index (χ0) is 20.5. The van der Waals surface area contributed by atoms with Gasteiger partial charge in [-0.1, -0.05) is 24.3 Å². The largest absolute Gasteiger partial charge is 0.435 e. The molecule has 9 heteroatoms. The van der Waals surface area contributed by atoms with Crippen LogP contribution in [0.4, 0.5) is 22.4 Å². The summed E-state index contributed by atoms with van der Waals surface area (Å²) in [5.74, 6) is 0.114. The summed E-state index contributed by atoms with van der Waals surface area (Å²) in [4.78, 5) is 12.0. The van der Waals surface area contributed by atoms with Crippen LogP contribution in [-0.2, 0) is 6.42 Å².